The number of amides is 1. The van der Waals surface area contributed by atoms with E-state index in [1.165, 1.54) is 5.56 Å². The summed E-state index contributed by atoms with van der Waals surface area (Å²) in [6.07, 6.45) is 4.18. The van der Waals surface area contributed by atoms with Crippen LogP contribution in [0.25, 0.3) is 22.4 Å². The van der Waals surface area contributed by atoms with Crippen LogP contribution in [0.1, 0.15) is 52.5 Å². The normalized spacial score (nSPS) is 15.6. The number of aromatic amines is 1. The number of fused-ring (bicyclic) bond motifs is 2. The molecule has 1 aliphatic carbocycles. The van der Waals surface area contributed by atoms with Gasteiger partial charge in [-0.3, -0.25) is 9.89 Å². The van der Waals surface area contributed by atoms with Crippen LogP contribution in [0.4, 0.5) is 0 Å². The van der Waals surface area contributed by atoms with Crippen LogP contribution in [0.3, 0.4) is 0 Å². The SMILES string of the molecule is CCc1nc(-c2ccc3c(c2)CC[C@H]3NC(=O)c2[nH]nc3ncc(C)cc23)no1. The first-order chi connectivity index (χ1) is 14.1. The van der Waals surface area contributed by atoms with Crippen LogP contribution >= 0.6 is 0 Å². The molecule has 0 saturated carbocycles. The van der Waals surface area contributed by atoms with Crippen LogP contribution in [-0.4, -0.2) is 31.2 Å². The highest BCUT2D eigenvalue weighted by Crippen LogP contribution is 2.34. The van der Waals surface area contributed by atoms with Crippen molar-refractivity contribution in [3.05, 3.63) is 58.7 Å². The number of aryl methyl sites for hydroxylation is 3. The summed E-state index contributed by atoms with van der Waals surface area (Å²) >= 11 is 0. The molecule has 8 nitrogen and oxygen atoms in total. The fourth-order valence-corrected chi connectivity index (χ4v) is 3.83. The topological polar surface area (TPSA) is 110 Å². The van der Waals surface area contributed by atoms with Gasteiger partial charge < -0.3 is 9.84 Å². The molecule has 1 atom stereocenters. The van der Waals surface area contributed by atoms with E-state index in [4.69, 9.17) is 4.52 Å². The average Bonchev–Trinajstić information content (AvgIpc) is 3.45. The number of hydrogen-bond acceptors (Lipinski definition) is 6. The number of hydrogen-bond donors (Lipinski definition) is 2. The number of H-pyrrole nitrogens is 1. The molecule has 0 spiro atoms. The lowest BCUT2D eigenvalue weighted by atomic mass is 10.0. The Morgan fingerprint density at radius 3 is 3.07 bits per heavy atom. The number of aromatic nitrogens is 5. The van der Waals surface area contributed by atoms with Crippen molar-refractivity contribution in [2.24, 2.45) is 0 Å². The lowest BCUT2D eigenvalue weighted by Crippen LogP contribution is -2.27. The number of pyridine rings is 1. The van der Waals surface area contributed by atoms with Gasteiger partial charge in [-0.1, -0.05) is 24.2 Å². The number of nitrogens with one attached hydrogen (secondary N) is 2. The highest BCUT2D eigenvalue weighted by atomic mass is 16.5. The lowest BCUT2D eigenvalue weighted by Gasteiger charge is -2.14. The fraction of sp³-hybridized carbons (Fsp3) is 0.286. The minimum atomic E-state index is -0.174. The van der Waals surface area contributed by atoms with Crippen LogP contribution in [0, 0.1) is 6.92 Å². The van der Waals surface area contributed by atoms with Gasteiger partial charge in [-0.15, -0.1) is 0 Å². The molecule has 0 unspecified atom stereocenters. The van der Waals surface area contributed by atoms with Crippen molar-refractivity contribution in [2.75, 3.05) is 0 Å². The zero-order valence-corrected chi connectivity index (χ0v) is 16.2. The summed E-state index contributed by atoms with van der Waals surface area (Å²) in [7, 11) is 0. The highest BCUT2D eigenvalue weighted by molar-refractivity contribution is 6.04. The Balaban J connectivity index is 1.39. The molecule has 5 rings (SSSR count). The lowest BCUT2D eigenvalue weighted by molar-refractivity contribution is 0.0933. The molecule has 2 N–H and O–H groups in total. The zero-order chi connectivity index (χ0) is 20.0. The van der Waals surface area contributed by atoms with E-state index < -0.39 is 0 Å². The summed E-state index contributed by atoms with van der Waals surface area (Å²) in [5.41, 5.74) is 5.23. The first kappa shape index (κ1) is 17.5. The standard InChI is InChI=1S/C21H20N6O2/c1-3-17-24-19(27-29-17)13-4-6-14-12(9-13)5-7-16(14)23-21(28)18-15-8-11(2)10-22-20(15)26-25-18/h4,6,8-10,16H,3,5,7H2,1-2H3,(H,23,28)(H,22,25,26)/t16-/m1/s1. The molecule has 3 heterocycles. The fourth-order valence-electron chi connectivity index (χ4n) is 3.83. The van der Waals surface area contributed by atoms with Crippen LogP contribution in [0.15, 0.2) is 35.0 Å². The molecule has 1 amide bonds. The van der Waals surface area contributed by atoms with Crippen molar-refractivity contribution in [2.45, 2.75) is 39.2 Å². The smallest absolute Gasteiger partial charge is 0.270 e. The molecule has 3 aromatic heterocycles. The second-order valence-electron chi connectivity index (χ2n) is 7.33. The van der Waals surface area contributed by atoms with Gasteiger partial charge in [-0.2, -0.15) is 10.1 Å². The Kier molecular flexibility index (Phi) is 4.12. The van der Waals surface area contributed by atoms with Crippen LogP contribution < -0.4 is 5.32 Å². The molecule has 8 heteroatoms. The maximum Gasteiger partial charge on any atom is 0.270 e. The summed E-state index contributed by atoms with van der Waals surface area (Å²) < 4.78 is 5.21. The van der Waals surface area contributed by atoms with E-state index >= 15 is 0 Å². The van der Waals surface area contributed by atoms with Gasteiger partial charge in [-0.05, 0) is 48.6 Å². The Labute approximate surface area is 166 Å². The molecule has 0 bridgehead atoms. The van der Waals surface area contributed by atoms with Gasteiger partial charge in [0.05, 0.1) is 11.4 Å². The predicted molar refractivity (Wildman–Crippen MR) is 106 cm³/mol. The third kappa shape index (κ3) is 3.06. The number of benzene rings is 1. The summed E-state index contributed by atoms with van der Waals surface area (Å²) in [5, 5.41) is 14.9. The van der Waals surface area contributed by atoms with Gasteiger partial charge >= 0.3 is 0 Å². The van der Waals surface area contributed by atoms with Gasteiger partial charge in [0.25, 0.3) is 5.91 Å². The number of carbonyl (C=O) groups excluding carboxylic acids is 1. The van der Waals surface area contributed by atoms with Crippen molar-refractivity contribution in [1.29, 1.82) is 0 Å². The Morgan fingerprint density at radius 1 is 1.34 bits per heavy atom. The number of rotatable bonds is 4. The van der Waals surface area contributed by atoms with Crippen molar-refractivity contribution in [3.8, 4) is 11.4 Å². The molecule has 0 radical (unpaired) electrons. The molecule has 0 fully saturated rings. The Hall–Kier alpha value is -3.55. The first-order valence-corrected chi connectivity index (χ1v) is 9.69. The molecule has 29 heavy (non-hydrogen) atoms. The van der Waals surface area contributed by atoms with E-state index in [1.807, 2.05) is 32.0 Å². The predicted octanol–water partition coefficient (Wildman–Crippen LogP) is 3.30. The number of nitrogens with zero attached hydrogens (tertiary/aromatic N) is 4. The molecule has 4 aromatic rings. The second kappa shape index (κ2) is 6.80. The zero-order valence-electron chi connectivity index (χ0n) is 16.2. The number of carbonyl (C=O) groups is 1. The molecular weight excluding hydrogens is 368 g/mol. The van der Waals surface area contributed by atoms with Crippen LogP contribution in [0.5, 0.6) is 0 Å². The minimum absolute atomic E-state index is 0.0425. The van der Waals surface area contributed by atoms with E-state index in [-0.39, 0.29) is 11.9 Å². The molecule has 0 saturated heterocycles. The minimum Gasteiger partial charge on any atom is -0.344 e. The van der Waals surface area contributed by atoms with Crippen LogP contribution in [0.2, 0.25) is 0 Å². The molecule has 1 aromatic carbocycles. The largest absolute Gasteiger partial charge is 0.344 e. The average molecular weight is 388 g/mol. The van der Waals surface area contributed by atoms with Crippen molar-refractivity contribution in [3.63, 3.8) is 0 Å². The second-order valence-corrected chi connectivity index (χ2v) is 7.33. The van der Waals surface area contributed by atoms with E-state index in [1.54, 1.807) is 6.20 Å². The van der Waals surface area contributed by atoms with E-state index in [9.17, 15) is 4.79 Å². The van der Waals surface area contributed by atoms with E-state index in [2.05, 4.69) is 36.7 Å². The third-order valence-electron chi connectivity index (χ3n) is 5.33. The van der Waals surface area contributed by atoms with Gasteiger partial charge in [0, 0.05) is 18.2 Å². The Morgan fingerprint density at radius 2 is 2.24 bits per heavy atom. The summed E-state index contributed by atoms with van der Waals surface area (Å²) in [6, 6.07) is 7.99. The van der Waals surface area contributed by atoms with Gasteiger partial charge in [-0.25, -0.2) is 4.98 Å². The maximum atomic E-state index is 12.9. The van der Waals surface area contributed by atoms with E-state index in [0.717, 1.165) is 34.9 Å². The van der Waals surface area contributed by atoms with Crippen molar-refractivity contribution in [1.82, 2.24) is 30.6 Å². The highest BCUT2D eigenvalue weighted by Gasteiger charge is 2.26. The van der Waals surface area contributed by atoms with Crippen molar-refractivity contribution < 1.29 is 9.32 Å². The van der Waals surface area contributed by atoms with Crippen molar-refractivity contribution >= 4 is 16.9 Å². The van der Waals surface area contributed by atoms with Gasteiger partial charge in [0.15, 0.2) is 5.65 Å². The third-order valence-corrected chi connectivity index (χ3v) is 5.33. The molecule has 146 valence electrons. The van der Waals surface area contributed by atoms with Gasteiger partial charge in [0.1, 0.15) is 5.69 Å². The van der Waals surface area contributed by atoms with E-state index in [0.29, 0.717) is 29.5 Å². The van der Waals surface area contributed by atoms with Gasteiger partial charge in [0.2, 0.25) is 11.7 Å². The molecular formula is C21H20N6O2. The van der Waals surface area contributed by atoms with Crippen LogP contribution in [-0.2, 0) is 12.8 Å². The maximum absolute atomic E-state index is 12.9. The summed E-state index contributed by atoms with van der Waals surface area (Å²) in [4.78, 5) is 21.5. The Bertz CT molecular complexity index is 1230. The summed E-state index contributed by atoms with van der Waals surface area (Å²) in [5.74, 6) is 1.05. The monoisotopic (exact) mass is 388 g/mol. The quantitative estimate of drug-likeness (QED) is 0.555. The first-order valence-electron chi connectivity index (χ1n) is 9.69. The summed E-state index contributed by atoms with van der Waals surface area (Å²) in [6.45, 7) is 3.92. The molecule has 1 aliphatic rings. The molecule has 0 aliphatic heterocycles.